The van der Waals surface area contributed by atoms with Gasteiger partial charge in [-0.3, -0.25) is 0 Å². The van der Waals surface area contributed by atoms with Crippen LogP contribution in [-0.2, 0) is 11.3 Å². The zero-order valence-electron chi connectivity index (χ0n) is 11.7. The van der Waals surface area contributed by atoms with Crippen LogP contribution in [0.25, 0.3) is 0 Å². The summed E-state index contributed by atoms with van der Waals surface area (Å²) in [5, 5.41) is 0. The fourth-order valence-corrected chi connectivity index (χ4v) is 1.71. The van der Waals surface area contributed by atoms with Gasteiger partial charge in [0, 0.05) is 0 Å². The van der Waals surface area contributed by atoms with Crippen LogP contribution in [0.3, 0.4) is 0 Å². The molecule has 1 rings (SSSR count). The lowest BCUT2D eigenvalue weighted by Crippen LogP contribution is -2.04. The van der Waals surface area contributed by atoms with Crippen molar-refractivity contribution in [3.8, 4) is 0 Å². The van der Waals surface area contributed by atoms with Crippen molar-refractivity contribution < 1.29 is 4.74 Å². The summed E-state index contributed by atoms with van der Waals surface area (Å²) >= 11 is 0. The second-order valence-corrected chi connectivity index (χ2v) is 4.40. The Morgan fingerprint density at radius 3 is 2.56 bits per heavy atom. The first kappa shape index (κ1) is 14.7. The molecular formula is C17H24O. The standard InChI is InChI=1S/C17H24O/c1-4-9-16(5-2)13-12-15(3)18-14-17-10-7-6-8-11-17/h6-13,15H,4-5,14H2,1-3H3/b13-12-,16-9+/t15-/m0/s1. The van der Waals surface area contributed by atoms with Crippen molar-refractivity contribution in [2.75, 3.05) is 0 Å². The van der Waals surface area contributed by atoms with Gasteiger partial charge in [0.05, 0.1) is 12.7 Å². The van der Waals surface area contributed by atoms with E-state index < -0.39 is 0 Å². The van der Waals surface area contributed by atoms with Crippen LogP contribution >= 0.6 is 0 Å². The summed E-state index contributed by atoms with van der Waals surface area (Å²) < 4.78 is 5.79. The lowest BCUT2D eigenvalue weighted by Gasteiger charge is -2.09. The third-order valence-electron chi connectivity index (χ3n) is 2.81. The minimum atomic E-state index is 0.150. The molecule has 1 aromatic rings. The first-order valence-electron chi connectivity index (χ1n) is 6.79. The summed E-state index contributed by atoms with van der Waals surface area (Å²) in [4.78, 5) is 0. The van der Waals surface area contributed by atoms with E-state index in [0.717, 1.165) is 12.8 Å². The molecule has 0 aliphatic rings. The second-order valence-electron chi connectivity index (χ2n) is 4.40. The molecule has 0 spiro atoms. The molecule has 0 saturated heterocycles. The molecule has 0 saturated carbocycles. The molecule has 1 atom stereocenters. The minimum absolute atomic E-state index is 0.150. The fraction of sp³-hybridized carbons (Fsp3) is 0.412. The minimum Gasteiger partial charge on any atom is -0.370 e. The van der Waals surface area contributed by atoms with Crippen LogP contribution in [0.5, 0.6) is 0 Å². The molecule has 0 amide bonds. The SMILES string of the molecule is CC/C=C(/C=C\[C@H](C)OCc1ccccc1)CC. The lowest BCUT2D eigenvalue weighted by molar-refractivity contribution is 0.0840. The number of hydrogen-bond donors (Lipinski definition) is 0. The smallest absolute Gasteiger partial charge is 0.0735 e. The van der Waals surface area contributed by atoms with Crippen LogP contribution in [0.15, 0.2) is 54.1 Å². The van der Waals surface area contributed by atoms with Crippen LogP contribution < -0.4 is 0 Å². The van der Waals surface area contributed by atoms with Gasteiger partial charge in [-0.25, -0.2) is 0 Å². The van der Waals surface area contributed by atoms with Gasteiger partial charge in [0.15, 0.2) is 0 Å². The summed E-state index contributed by atoms with van der Waals surface area (Å²) in [6.07, 6.45) is 8.90. The Hall–Kier alpha value is -1.34. The number of ether oxygens (including phenoxy) is 1. The lowest BCUT2D eigenvalue weighted by atomic mass is 10.1. The molecule has 0 aromatic heterocycles. The highest BCUT2D eigenvalue weighted by atomic mass is 16.5. The van der Waals surface area contributed by atoms with Gasteiger partial charge in [0.2, 0.25) is 0 Å². The Morgan fingerprint density at radius 1 is 1.22 bits per heavy atom. The number of benzene rings is 1. The predicted molar refractivity (Wildman–Crippen MR) is 78.5 cm³/mol. The van der Waals surface area contributed by atoms with Gasteiger partial charge in [-0.05, 0) is 25.3 Å². The zero-order valence-corrected chi connectivity index (χ0v) is 11.7. The van der Waals surface area contributed by atoms with Gasteiger partial charge >= 0.3 is 0 Å². The van der Waals surface area contributed by atoms with E-state index >= 15 is 0 Å². The Balaban J connectivity index is 2.39. The maximum atomic E-state index is 5.79. The summed E-state index contributed by atoms with van der Waals surface area (Å²) in [6.45, 7) is 7.10. The van der Waals surface area contributed by atoms with E-state index in [-0.39, 0.29) is 6.10 Å². The first-order chi connectivity index (χ1) is 8.76. The summed E-state index contributed by atoms with van der Waals surface area (Å²) in [7, 11) is 0. The van der Waals surface area contributed by atoms with E-state index in [0.29, 0.717) is 6.61 Å². The van der Waals surface area contributed by atoms with Crippen molar-refractivity contribution >= 4 is 0 Å². The highest BCUT2D eigenvalue weighted by Crippen LogP contribution is 2.08. The van der Waals surface area contributed by atoms with Crippen LogP contribution in [-0.4, -0.2) is 6.10 Å². The molecule has 0 radical (unpaired) electrons. The highest BCUT2D eigenvalue weighted by molar-refractivity contribution is 5.19. The Kier molecular flexibility index (Phi) is 7.12. The zero-order chi connectivity index (χ0) is 13.2. The molecule has 18 heavy (non-hydrogen) atoms. The Labute approximate surface area is 111 Å². The van der Waals surface area contributed by atoms with Crippen LogP contribution in [0, 0.1) is 0 Å². The highest BCUT2D eigenvalue weighted by Gasteiger charge is 1.98. The Morgan fingerprint density at radius 2 is 1.94 bits per heavy atom. The molecule has 1 aromatic carbocycles. The van der Waals surface area contributed by atoms with E-state index in [1.54, 1.807) is 0 Å². The molecule has 0 unspecified atom stereocenters. The van der Waals surface area contributed by atoms with Crippen molar-refractivity contribution in [3.63, 3.8) is 0 Å². The quantitative estimate of drug-likeness (QED) is 0.620. The molecule has 0 aliphatic heterocycles. The molecule has 0 N–H and O–H groups in total. The molecule has 98 valence electrons. The van der Waals surface area contributed by atoms with Crippen LogP contribution in [0.1, 0.15) is 39.2 Å². The largest absolute Gasteiger partial charge is 0.370 e. The van der Waals surface area contributed by atoms with Crippen LogP contribution in [0.2, 0.25) is 0 Å². The molecule has 1 heteroatoms. The van der Waals surface area contributed by atoms with E-state index in [9.17, 15) is 0 Å². The monoisotopic (exact) mass is 244 g/mol. The van der Waals surface area contributed by atoms with Crippen LogP contribution in [0.4, 0.5) is 0 Å². The molecule has 0 fully saturated rings. The number of hydrogen-bond acceptors (Lipinski definition) is 1. The van der Waals surface area contributed by atoms with Crippen molar-refractivity contribution in [1.29, 1.82) is 0 Å². The van der Waals surface area contributed by atoms with Gasteiger partial charge < -0.3 is 4.74 Å². The van der Waals surface area contributed by atoms with Crippen molar-refractivity contribution in [1.82, 2.24) is 0 Å². The van der Waals surface area contributed by atoms with Crippen molar-refractivity contribution in [3.05, 3.63) is 59.7 Å². The van der Waals surface area contributed by atoms with Crippen molar-refractivity contribution in [2.45, 2.75) is 46.3 Å². The third-order valence-corrected chi connectivity index (χ3v) is 2.81. The predicted octanol–water partition coefficient (Wildman–Crippen LogP) is 4.89. The van der Waals surface area contributed by atoms with Crippen molar-refractivity contribution in [2.24, 2.45) is 0 Å². The molecular weight excluding hydrogens is 220 g/mol. The van der Waals surface area contributed by atoms with Gasteiger partial charge in [-0.15, -0.1) is 0 Å². The van der Waals surface area contributed by atoms with Gasteiger partial charge in [0.1, 0.15) is 0 Å². The second kappa shape index (κ2) is 8.71. The topological polar surface area (TPSA) is 9.23 Å². The summed E-state index contributed by atoms with van der Waals surface area (Å²) in [5.41, 5.74) is 2.60. The molecule has 0 aliphatic carbocycles. The van der Waals surface area contributed by atoms with E-state index in [2.05, 4.69) is 51.1 Å². The maximum Gasteiger partial charge on any atom is 0.0735 e. The average Bonchev–Trinajstić information content (AvgIpc) is 2.42. The maximum absolute atomic E-state index is 5.79. The number of rotatable bonds is 7. The molecule has 0 heterocycles. The number of allylic oxidation sites excluding steroid dienone is 3. The summed E-state index contributed by atoms with van der Waals surface area (Å²) in [5.74, 6) is 0. The molecule has 0 bridgehead atoms. The Bertz CT molecular complexity index is 376. The first-order valence-corrected chi connectivity index (χ1v) is 6.79. The third kappa shape index (κ3) is 5.83. The van der Waals surface area contributed by atoms with E-state index in [1.807, 2.05) is 18.2 Å². The molecule has 1 nitrogen and oxygen atoms in total. The fourth-order valence-electron chi connectivity index (χ4n) is 1.71. The average molecular weight is 244 g/mol. The normalized spacial score (nSPS) is 14.1. The van der Waals surface area contributed by atoms with Gasteiger partial charge in [0.25, 0.3) is 0 Å². The van der Waals surface area contributed by atoms with Gasteiger partial charge in [-0.2, -0.15) is 0 Å². The summed E-state index contributed by atoms with van der Waals surface area (Å²) in [6, 6.07) is 10.3. The van der Waals surface area contributed by atoms with E-state index in [4.69, 9.17) is 4.74 Å². The van der Waals surface area contributed by atoms with Gasteiger partial charge in [-0.1, -0.05) is 68.0 Å². The van der Waals surface area contributed by atoms with E-state index in [1.165, 1.54) is 11.1 Å².